The van der Waals surface area contributed by atoms with Gasteiger partial charge < -0.3 is 66.9 Å². The maximum atomic E-state index is 13.8. The number of nitrogens with one attached hydrogen (secondary N) is 4. The molecule has 4 aromatic carbocycles. The number of nitrogens with zero attached hydrogens (tertiary/aromatic N) is 10. The predicted octanol–water partition coefficient (Wildman–Crippen LogP) is 9.77. The molecule has 0 aliphatic carbocycles. The highest BCUT2D eigenvalue weighted by Gasteiger charge is 2.42. The molecule has 2 saturated heterocycles. The molecule has 34 nitrogen and oxygen atoms in total. The molecule has 8 aromatic rings. The fraction of sp³-hybridized carbons (Fsp3) is 0.500. The number of carbonyl (C=O) groups excluding carboxylic acids is 4. The molecule has 630 valence electrons. The molecule has 7 heterocycles. The van der Waals surface area contributed by atoms with Crippen molar-refractivity contribution < 1.29 is 77.7 Å². The van der Waals surface area contributed by atoms with Crippen LogP contribution in [0.3, 0.4) is 0 Å². The van der Waals surface area contributed by atoms with Crippen LogP contribution in [0.25, 0.3) is 45.0 Å². The number of para-hydroxylation sites is 2. The van der Waals surface area contributed by atoms with E-state index in [1.165, 1.54) is 34.9 Å². The van der Waals surface area contributed by atoms with Crippen molar-refractivity contribution in [2.45, 2.75) is 162 Å². The Kier molecular flexibility index (Phi) is 33.0. The summed E-state index contributed by atoms with van der Waals surface area (Å²) in [7, 11) is -5.37. The van der Waals surface area contributed by atoms with Crippen molar-refractivity contribution in [1.82, 2.24) is 59.7 Å². The molecule has 11 rings (SSSR count). The van der Waals surface area contributed by atoms with E-state index in [4.69, 9.17) is 46.5 Å². The lowest BCUT2D eigenvalue weighted by molar-refractivity contribution is -0.125. The standard InChI is InChI=1S/C40H52N7O10P.C40H54N7O10P.2H2/c1-5-19-53-21-18-47-38-29-12-8-7-11-28(29)26-45(31-14-10-9-13-30(31)37(38)43-44-47)35(49)16-15-34(48)41-17-20-54-22-23-55-58(4,52)57-33-24-36(56-32(33)6-2)46-25-27(3)39(50)42-40(46)51;1-6-21-53-23-20-47-38(37(43-44-47)29-13-9-8-10-14-29)30-15-11-12-16-31(30)45(4)35(49)18-17-34(48)41-19-22-54-24-25-55-58(5,52)57-33-26-36(56-32(33)7-2)46-27-28(3)39(50)42-40(46)51;;/h7-14,25,32-33,36H,5-6,15-24,26H2,1-4H3,(H,41,48)(H,42,50,51);8-16,27,32-33,36H,6-7,17-26H2,1-5H3,(H,41,48)(H,42,50,51);2*1H/t2*32-,33-,36-,58?;;/m11../s1. The first-order chi connectivity index (χ1) is 55.9. The third-order valence-corrected chi connectivity index (χ3v) is 22.1. The molecule has 4 aromatic heterocycles. The van der Waals surface area contributed by atoms with Crippen LogP contribution in [0.15, 0.2) is 135 Å². The summed E-state index contributed by atoms with van der Waals surface area (Å²) in [5, 5.41) is 23.6. The van der Waals surface area contributed by atoms with Crippen molar-refractivity contribution in [1.29, 1.82) is 0 Å². The van der Waals surface area contributed by atoms with Crippen molar-refractivity contribution in [2.24, 2.45) is 0 Å². The largest absolute Gasteiger partial charge is 0.380 e. The first kappa shape index (κ1) is 88.8. The Hall–Kier alpha value is -9.54. The average Bonchev–Trinajstić information content (AvgIpc) is 1.51. The van der Waals surface area contributed by atoms with E-state index < -0.39 is 74.6 Å². The van der Waals surface area contributed by atoms with Gasteiger partial charge in [0.25, 0.3) is 11.1 Å². The van der Waals surface area contributed by atoms with Gasteiger partial charge in [0.15, 0.2) is 0 Å². The molecular weight excluding hydrogens is 1540 g/mol. The zero-order valence-corrected chi connectivity index (χ0v) is 68.9. The third-order valence-electron chi connectivity index (χ3n) is 19.5. The van der Waals surface area contributed by atoms with Gasteiger partial charge in [-0.25, -0.2) is 19.0 Å². The van der Waals surface area contributed by atoms with E-state index in [1.54, 1.807) is 35.4 Å². The van der Waals surface area contributed by atoms with Gasteiger partial charge in [-0.15, -0.1) is 10.2 Å². The monoisotopic (exact) mass is 1650 g/mol. The average molecular weight is 1650 g/mol. The Bertz CT molecular complexity index is 4990. The summed E-state index contributed by atoms with van der Waals surface area (Å²) in [5.74, 6) is -1.04. The smallest absolute Gasteiger partial charge is 0.330 e. The van der Waals surface area contributed by atoms with Gasteiger partial charge in [0.1, 0.15) is 23.8 Å². The quantitative estimate of drug-likeness (QED) is 0.0204. The molecule has 0 bridgehead atoms. The van der Waals surface area contributed by atoms with Gasteiger partial charge in [0.2, 0.25) is 23.6 Å². The minimum absolute atomic E-state index is 0. The predicted molar refractivity (Wildman–Crippen MR) is 437 cm³/mol. The highest BCUT2D eigenvalue weighted by atomic mass is 31.2. The lowest BCUT2D eigenvalue weighted by atomic mass is 9.95. The van der Waals surface area contributed by atoms with Crippen LogP contribution < -0.4 is 42.9 Å². The lowest BCUT2D eigenvalue weighted by Crippen LogP contribution is -2.34. The van der Waals surface area contributed by atoms with Crippen LogP contribution in [0, 0.1) is 13.8 Å². The summed E-state index contributed by atoms with van der Waals surface area (Å²) < 4.78 is 89.9. The normalized spacial score (nSPS) is 18.0. The highest BCUT2D eigenvalue weighted by Crippen LogP contribution is 2.51. The number of amides is 4. The number of aromatic amines is 2. The van der Waals surface area contributed by atoms with Gasteiger partial charge in [-0.2, -0.15) is 0 Å². The molecule has 8 atom stereocenters. The van der Waals surface area contributed by atoms with E-state index in [0.717, 1.165) is 52.0 Å². The minimum Gasteiger partial charge on any atom is -0.380 e. The maximum Gasteiger partial charge on any atom is 0.330 e. The SMILES string of the molecule is CCCOCCn1nnc(-c2ccccc2)c1-c1ccccc1N(C)C(=O)CCC(=O)NCCOCCOP(C)(=O)O[C@@H]1C[C@H](n2cc(C)c(=O)[nH]c2=O)O[C@@H]1CC.CCCOCCn1nnc2c1-c1ccccc1CN(C(=O)CCC(=O)NCCOCCOP(C)(=O)O[C@@H]1C[C@H](n3cc(C)c(=O)[nH]c3=O)O[C@@H]1CC)c1ccccc1-2.[HH].[HH]. The Morgan fingerprint density at radius 1 is 0.552 bits per heavy atom. The minimum atomic E-state index is -3.53. The molecule has 3 aliphatic heterocycles. The van der Waals surface area contributed by atoms with Gasteiger partial charge in [-0.3, -0.25) is 57.0 Å². The van der Waals surface area contributed by atoms with E-state index in [1.807, 2.05) is 122 Å². The second-order valence-corrected chi connectivity index (χ2v) is 32.2. The van der Waals surface area contributed by atoms with Crippen LogP contribution in [-0.2, 0) is 94.5 Å². The number of rotatable bonds is 41. The fourth-order valence-corrected chi connectivity index (χ4v) is 16.0. The number of H-pyrrole nitrogens is 2. The van der Waals surface area contributed by atoms with E-state index in [0.29, 0.717) is 92.8 Å². The van der Waals surface area contributed by atoms with E-state index in [2.05, 4.69) is 55.1 Å². The Labute approximate surface area is 675 Å². The van der Waals surface area contributed by atoms with Crippen LogP contribution in [0.4, 0.5) is 11.4 Å². The van der Waals surface area contributed by atoms with Crippen LogP contribution in [-0.4, -0.2) is 197 Å². The number of aryl methyl sites for hydroxylation is 2. The second kappa shape index (κ2) is 43.1. The summed E-state index contributed by atoms with van der Waals surface area (Å²) in [6, 6.07) is 32.8. The lowest BCUT2D eigenvalue weighted by Gasteiger charge is -2.28. The number of hydrogen-bond donors (Lipinski definition) is 4. The van der Waals surface area contributed by atoms with Crippen molar-refractivity contribution in [2.75, 3.05) is 109 Å². The number of aromatic nitrogens is 10. The number of fused-ring (bicyclic) bond motifs is 5. The molecule has 0 radical (unpaired) electrons. The first-order valence-corrected chi connectivity index (χ1v) is 43.3. The Morgan fingerprint density at radius 3 is 1.55 bits per heavy atom. The van der Waals surface area contributed by atoms with Gasteiger partial charge in [-0.1, -0.05) is 129 Å². The molecule has 0 spiro atoms. The van der Waals surface area contributed by atoms with Gasteiger partial charge >= 0.3 is 26.6 Å². The Morgan fingerprint density at radius 2 is 1.02 bits per heavy atom. The van der Waals surface area contributed by atoms with Crippen molar-refractivity contribution in [3.05, 3.63) is 174 Å². The molecular formula is C80H110N14O20P2. The van der Waals surface area contributed by atoms with Gasteiger partial charge in [0, 0.05) is 134 Å². The number of hydrogen-bond acceptors (Lipinski definition) is 24. The van der Waals surface area contributed by atoms with Crippen LogP contribution >= 0.6 is 15.2 Å². The summed E-state index contributed by atoms with van der Waals surface area (Å²) >= 11 is 0. The van der Waals surface area contributed by atoms with E-state index in [9.17, 15) is 47.5 Å². The van der Waals surface area contributed by atoms with Crippen LogP contribution in [0.5, 0.6) is 0 Å². The summed E-state index contributed by atoms with van der Waals surface area (Å²) in [5.41, 5.74) is 7.26. The molecule has 116 heavy (non-hydrogen) atoms. The zero-order valence-electron chi connectivity index (χ0n) is 67.1. The van der Waals surface area contributed by atoms with E-state index >= 15 is 0 Å². The third kappa shape index (κ3) is 24.1. The molecule has 4 N–H and O–H groups in total. The highest BCUT2D eigenvalue weighted by molar-refractivity contribution is 7.53. The molecule has 0 saturated carbocycles. The van der Waals surface area contributed by atoms with Gasteiger partial charge in [-0.05, 0) is 57.2 Å². The van der Waals surface area contributed by atoms with E-state index in [-0.39, 0.29) is 118 Å². The number of benzene rings is 4. The van der Waals surface area contributed by atoms with Crippen LogP contribution in [0.1, 0.15) is 124 Å². The Balaban J connectivity index is 0.000000289. The second-order valence-electron chi connectivity index (χ2n) is 28.2. The number of ether oxygens (including phenoxy) is 6. The first-order valence-electron chi connectivity index (χ1n) is 39.3. The summed E-state index contributed by atoms with van der Waals surface area (Å²) in [6.45, 7) is 18.3. The topological polar surface area (TPSA) is 396 Å². The zero-order chi connectivity index (χ0) is 82.9. The van der Waals surface area contributed by atoms with Crippen molar-refractivity contribution in [3.8, 4) is 45.0 Å². The fourth-order valence-electron chi connectivity index (χ4n) is 13.6. The maximum absolute atomic E-state index is 13.8. The van der Waals surface area contributed by atoms with Crippen molar-refractivity contribution in [3.63, 3.8) is 0 Å². The van der Waals surface area contributed by atoms with Crippen LogP contribution in [0.2, 0.25) is 0 Å². The molecule has 4 amide bonds. The van der Waals surface area contributed by atoms with Crippen molar-refractivity contribution >= 4 is 50.2 Å². The summed E-state index contributed by atoms with van der Waals surface area (Å²) in [6.07, 6.45) is 2.77. The molecule has 3 aliphatic rings. The van der Waals surface area contributed by atoms with Gasteiger partial charge in [0.05, 0.1) is 120 Å². The molecule has 2 fully saturated rings. The summed E-state index contributed by atoms with van der Waals surface area (Å²) in [4.78, 5) is 109. The molecule has 2 unspecified atom stereocenters. The molecule has 36 heteroatoms. The number of carbonyl (C=O) groups is 4. The number of anilines is 2.